The number of aromatic amines is 1. The van der Waals surface area contributed by atoms with Crippen LogP contribution in [0.5, 0.6) is 5.75 Å². The summed E-state index contributed by atoms with van der Waals surface area (Å²) in [7, 11) is 0. The molecule has 2 N–H and O–H groups in total. The number of halogens is 1. The largest absolute Gasteiger partial charge is 0.506 e. The normalized spacial score (nSPS) is 11.5. The van der Waals surface area contributed by atoms with E-state index in [0.29, 0.717) is 27.5 Å². The van der Waals surface area contributed by atoms with Crippen LogP contribution < -0.4 is 5.56 Å². The molecule has 4 aromatic rings. The first-order valence-corrected chi connectivity index (χ1v) is 9.35. The molecule has 0 bridgehead atoms. The quantitative estimate of drug-likeness (QED) is 0.471. The van der Waals surface area contributed by atoms with Gasteiger partial charge in [-0.2, -0.15) is 0 Å². The van der Waals surface area contributed by atoms with Crippen molar-refractivity contribution >= 4 is 22.5 Å². The number of nitrogens with one attached hydrogen (secondary N) is 1. The van der Waals surface area contributed by atoms with Crippen molar-refractivity contribution in [2.45, 2.75) is 26.7 Å². The lowest BCUT2D eigenvalue weighted by atomic mass is 9.97. The number of nitrogens with zero attached hydrogens (tertiary/aromatic N) is 1. The molecule has 2 aromatic carbocycles. The van der Waals surface area contributed by atoms with Crippen LogP contribution >= 0.6 is 11.6 Å². The SMILES string of the molecule is Cc1cc(-c2c(O)c3cc(-c4ccc(C(C)C)cc4)c(Cl)cc3[nH]c2=O)on1. The molecule has 0 aliphatic heterocycles. The van der Waals surface area contributed by atoms with E-state index in [1.807, 2.05) is 12.1 Å². The molecular formula is C22H19ClN2O3. The fourth-order valence-corrected chi connectivity index (χ4v) is 3.55. The second-order valence-electron chi connectivity index (χ2n) is 7.16. The number of hydrogen-bond donors (Lipinski definition) is 2. The Balaban J connectivity index is 1.92. The van der Waals surface area contributed by atoms with Gasteiger partial charge in [0.05, 0.1) is 16.2 Å². The number of rotatable bonds is 3. The van der Waals surface area contributed by atoms with Gasteiger partial charge in [0.15, 0.2) is 5.76 Å². The van der Waals surface area contributed by atoms with Crippen molar-refractivity contribution in [2.24, 2.45) is 0 Å². The minimum atomic E-state index is -0.466. The molecule has 0 radical (unpaired) electrons. The number of fused-ring (bicyclic) bond motifs is 1. The lowest BCUT2D eigenvalue weighted by Crippen LogP contribution is -2.09. The second kappa shape index (κ2) is 6.84. The summed E-state index contributed by atoms with van der Waals surface area (Å²) in [5, 5.41) is 15.6. The van der Waals surface area contributed by atoms with Crippen molar-refractivity contribution in [2.75, 3.05) is 0 Å². The predicted octanol–water partition coefficient (Wildman–Crippen LogP) is 5.64. The van der Waals surface area contributed by atoms with Crippen LogP contribution in [-0.4, -0.2) is 15.2 Å². The lowest BCUT2D eigenvalue weighted by Gasteiger charge is -2.11. The molecule has 0 fully saturated rings. The highest BCUT2D eigenvalue weighted by atomic mass is 35.5. The molecule has 2 aromatic heterocycles. The molecule has 28 heavy (non-hydrogen) atoms. The number of aromatic hydroxyl groups is 1. The van der Waals surface area contributed by atoms with Crippen molar-refractivity contribution in [1.29, 1.82) is 0 Å². The molecule has 0 amide bonds. The van der Waals surface area contributed by atoms with E-state index in [0.717, 1.165) is 11.1 Å². The van der Waals surface area contributed by atoms with Crippen LogP contribution in [-0.2, 0) is 0 Å². The molecule has 0 atom stereocenters. The summed E-state index contributed by atoms with van der Waals surface area (Å²) >= 11 is 6.47. The van der Waals surface area contributed by atoms with Crippen LogP contribution in [0.15, 0.2) is 51.8 Å². The third kappa shape index (κ3) is 3.08. The van der Waals surface area contributed by atoms with Crippen molar-refractivity contribution < 1.29 is 9.63 Å². The van der Waals surface area contributed by atoms with E-state index in [-0.39, 0.29) is 17.1 Å². The van der Waals surface area contributed by atoms with Gasteiger partial charge in [-0.25, -0.2) is 0 Å². The lowest BCUT2D eigenvalue weighted by molar-refractivity contribution is 0.421. The van der Waals surface area contributed by atoms with Gasteiger partial charge in [-0.05, 0) is 36.1 Å². The molecule has 0 aliphatic carbocycles. The van der Waals surface area contributed by atoms with Gasteiger partial charge in [-0.15, -0.1) is 0 Å². The Labute approximate surface area is 166 Å². The van der Waals surface area contributed by atoms with Gasteiger partial charge in [-0.3, -0.25) is 4.79 Å². The van der Waals surface area contributed by atoms with Crippen LogP contribution in [0, 0.1) is 6.92 Å². The summed E-state index contributed by atoms with van der Waals surface area (Å²) in [4.78, 5) is 15.2. The third-order valence-electron chi connectivity index (χ3n) is 4.84. The van der Waals surface area contributed by atoms with E-state index in [1.54, 1.807) is 25.1 Å². The minimum absolute atomic E-state index is 0.0523. The molecule has 0 saturated heterocycles. The van der Waals surface area contributed by atoms with E-state index in [2.05, 4.69) is 36.1 Å². The second-order valence-corrected chi connectivity index (χ2v) is 7.57. The molecule has 2 heterocycles. The highest BCUT2D eigenvalue weighted by molar-refractivity contribution is 6.34. The van der Waals surface area contributed by atoms with Crippen molar-refractivity contribution in [3.05, 3.63) is 69.1 Å². The zero-order valence-corrected chi connectivity index (χ0v) is 16.5. The average molecular weight is 395 g/mol. The number of pyridine rings is 1. The Morgan fingerprint density at radius 1 is 1.14 bits per heavy atom. The highest BCUT2D eigenvalue weighted by Crippen LogP contribution is 2.38. The number of aryl methyl sites for hydroxylation is 1. The Kier molecular flexibility index (Phi) is 4.47. The average Bonchev–Trinajstić information content (AvgIpc) is 3.07. The fraction of sp³-hybridized carbons (Fsp3) is 0.182. The van der Waals surface area contributed by atoms with Gasteiger partial charge in [0.2, 0.25) is 0 Å². The van der Waals surface area contributed by atoms with E-state index < -0.39 is 5.56 Å². The summed E-state index contributed by atoms with van der Waals surface area (Å²) in [6.45, 7) is 6.02. The number of H-pyrrole nitrogens is 1. The maximum Gasteiger partial charge on any atom is 0.263 e. The van der Waals surface area contributed by atoms with Crippen molar-refractivity contribution in [3.8, 4) is 28.2 Å². The first-order chi connectivity index (χ1) is 13.3. The standard InChI is InChI=1S/C22H19ClN2O3/c1-11(2)13-4-6-14(7-5-13)15-9-16-18(10-17(15)23)24-22(27)20(21(16)26)19-8-12(3)25-28-19/h4-11H,1-3H3,(H2,24,26,27). The maximum atomic E-state index is 12.5. The first-order valence-electron chi connectivity index (χ1n) is 8.97. The highest BCUT2D eigenvalue weighted by Gasteiger charge is 2.19. The van der Waals surface area contributed by atoms with Crippen LogP contribution in [0.2, 0.25) is 5.02 Å². The first kappa shape index (κ1) is 18.3. The van der Waals surface area contributed by atoms with Gasteiger partial charge in [0.25, 0.3) is 5.56 Å². The monoisotopic (exact) mass is 394 g/mol. The van der Waals surface area contributed by atoms with Crippen LogP contribution in [0.25, 0.3) is 33.4 Å². The third-order valence-corrected chi connectivity index (χ3v) is 5.15. The fourth-order valence-electron chi connectivity index (χ4n) is 3.28. The number of hydrogen-bond acceptors (Lipinski definition) is 4. The molecule has 0 spiro atoms. The van der Waals surface area contributed by atoms with Gasteiger partial charge in [0, 0.05) is 17.0 Å². The summed E-state index contributed by atoms with van der Waals surface area (Å²) in [5.41, 5.74) is 3.59. The predicted molar refractivity (Wildman–Crippen MR) is 111 cm³/mol. The van der Waals surface area contributed by atoms with Crippen LogP contribution in [0.1, 0.15) is 31.0 Å². The summed E-state index contributed by atoms with van der Waals surface area (Å²) in [6, 6.07) is 13.2. The van der Waals surface area contributed by atoms with Crippen LogP contribution in [0.4, 0.5) is 0 Å². The molecule has 0 saturated carbocycles. The van der Waals surface area contributed by atoms with Gasteiger partial charge in [-0.1, -0.05) is 54.9 Å². The summed E-state index contributed by atoms with van der Waals surface area (Å²) < 4.78 is 5.18. The Hall–Kier alpha value is -3.05. The minimum Gasteiger partial charge on any atom is -0.506 e. The smallest absolute Gasteiger partial charge is 0.263 e. The molecular weight excluding hydrogens is 376 g/mol. The molecule has 4 rings (SSSR count). The van der Waals surface area contributed by atoms with Gasteiger partial charge >= 0.3 is 0 Å². The number of benzene rings is 2. The summed E-state index contributed by atoms with van der Waals surface area (Å²) in [6.07, 6.45) is 0. The van der Waals surface area contributed by atoms with E-state index in [4.69, 9.17) is 16.1 Å². The molecule has 0 unspecified atom stereocenters. The van der Waals surface area contributed by atoms with Crippen molar-refractivity contribution in [3.63, 3.8) is 0 Å². The van der Waals surface area contributed by atoms with Crippen molar-refractivity contribution in [1.82, 2.24) is 10.1 Å². The van der Waals surface area contributed by atoms with E-state index in [1.165, 1.54) is 5.56 Å². The van der Waals surface area contributed by atoms with E-state index >= 15 is 0 Å². The van der Waals surface area contributed by atoms with Crippen LogP contribution in [0.3, 0.4) is 0 Å². The maximum absolute atomic E-state index is 12.5. The number of aromatic nitrogens is 2. The Morgan fingerprint density at radius 2 is 1.86 bits per heavy atom. The zero-order chi connectivity index (χ0) is 20.0. The Bertz CT molecular complexity index is 1240. The summed E-state index contributed by atoms with van der Waals surface area (Å²) in [5.74, 6) is 0.491. The van der Waals surface area contributed by atoms with Gasteiger partial charge < -0.3 is 14.6 Å². The molecule has 0 aliphatic rings. The zero-order valence-electron chi connectivity index (χ0n) is 15.7. The topological polar surface area (TPSA) is 79.1 Å². The van der Waals surface area contributed by atoms with E-state index in [9.17, 15) is 9.90 Å². The Morgan fingerprint density at radius 3 is 2.46 bits per heavy atom. The molecule has 142 valence electrons. The molecule has 5 nitrogen and oxygen atoms in total. The van der Waals surface area contributed by atoms with Gasteiger partial charge in [0.1, 0.15) is 11.3 Å². The molecule has 6 heteroatoms.